The fourth-order valence-electron chi connectivity index (χ4n) is 2.25. The van der Waals surface area contributed by atoms with Crippen molar-refractivity contribution in [1.82, 2.24) is 9.62 Å². The fraction of sp³-hybridized carbons (Fsp3) is 0.222. The first-order chi connectivity index (χ1) is 12.2. The van der Waals surface area contributed by atoms with Crippen LogP contribution >= 0.6 is 11.6 Å². The quantitative estimate of drug-likeness (QED) is 0.848. The zero-order valence-corrected chi connectivity index (χ0v) is 16.1. The molecule has 0 bridgehead atoms. The lowest BCUT2D eigenvalue weighted by Gasteiger charge is -2.16. The average molecular weight is 392 g/mol. The normalized spacial score (nSPS) is 12.5. The van der Waals surface area contributed by atoms with Crippen LogP contribution in [0.1, 0.15) is 34.5 Å². The highest BCUT2D eigenvalue weighted by Gasteiger charge is 2.23. The second-order valence-corrected chi connectivity index (χ2v) is 8.39. The lowest BCUT2D eigenvalue weighted by atomic mass is 10.1. The number of hydrogen-bond acceptors (Lipinski definition) is 4. The largest absolute Gasteiger partial charge is 0.346 e. The van der Waals surface area contributed by atoms with Crippen molar-refractivity contribution in [2.75, 3.05) is 14.1 Å². The number of rotatable bonds is 5. The number of carbonyl (C=O) groups is 1. The van der Waals surface area contributed by atoms with Gasteiger partial charge in [0.25, 0.3) is 5.91 Å². The second kappa shape index (κ2) is 7.87. The molecule has 8 heteroatoms. The van der Waals surface area contributed by atoms with Gasteiger partial charge >= 0.3 is 0 Å². The third-order valence-electron chi connectivity index (χ3n) is 3.84. The monoisotopic (exact) mass is 391 g/mol. The van der Waals surface area contributed by atoms with Gasteiger partial charge in [0.15, 0.2) is 0 Å². The number of sulfonamides is 1. The van der Waals surface area contributed by atoms with Crippen LogP contribution in [0.2, 0.25) is 5.02 Å². The third-order valence-corrected chi connectivity index (χ3v) is 6.14. The van der Waals surface area contributed by atoms with Crippen LogP contribution in [0.4, 0.5) is 0 Å². The molecule has 2 aromatic carbocycles. The summed E-state index contributed by atoms with van der Waals surface area (Å²) in [5.74, 6) is -0.422. The molecule has 1 amide bonds. The highest BCUT2D eigenvalue weighted by Crippen LogP contribution is 2.25. The van der Waals surface area contributed by atoms with E-state index in [1.807, 2.05) is 6.07 Å². The zero-order chi connectivity index (χ0) is 19.5. The Labute approximate surface area is 158 Å². The van der Waals surface area contributed by atoms with Gasteiger partial charge in [0, 0.05) is 19.7 Å². The van der Waals surface area contributed by atoms with E-state index >= 15 is 0 Å². The van der Waals surface area contributed by atoms with Crippen LogP contribution in [0.25, 0.3) is 0 Å². The maximum Gasteiger partial charge on any atom is 0.251 e. The van der Waals surface area contributed by atoms with E-state index in [1.165, 1.54) is 32.3 Å². The first-order valence-corrected chi connectivity index (χ1v) is 9.51. The molecule has 0 saturated carbocycles. The Morgan fingerprint density at radius 2 is 1.81 bits per heavy atom. The minimum absolute atomic E-state index is 0.0513. The summed E-state index contributed by atoms with van der Waals surface area (Å²) in [5.41, 5.74) is 1.55. The molecule has 0 aromatic heterocycles. The van der Waals surface area contributed by atoms with Gasteiger partial charge in [-0.1, -0.05) is 23.7 Å². The molecule has 0 aliphatic carbocycles. The van der Waals surface area contributed by atoms with Gasteiger partial charge in [-0.2, -0.15) is 5.26 Å². The van der Waals surface area contributed by atoms with Gasteiger partial charge in [0.1, 0.15) is 4.90 Å². The highest BCUT2D eigenvalue weighted by molar-refractivity contribution is 7.89. The van der Waals surface area contributed by atoms with Crippen molar-refractivity contribution < 1.29 is 13.2 Å². The van der Waals surface area contributed by atoms with Crippen molar-refractivity contribution in [2.24, 2.45) is 0 Å². The maximum absolute atomic E-state index is 12.5. The summed E-state index contributed by atoms with van der Waals surface area (Å²) in [6, 6.07) is 12.7. The van der Waals surface area contributed by atoms with E-state index in [0.717, 1.165) is 9.87 Å². The SMILES string of the molecule is CC(NC(=O)c1ccc(Cl)c(S(=O)(=O)N(C)C)c1)c1ccc(C#N)cc1. The van der Waals surface area contributed by atoms with Crippen LogP contribution < -0.4 is 5.32 Å². The Hall–Kier alpha value is -2.40. The van der Waals surface area contributed by atoms with E-state index in [0.29, 0.717) is 5.56 Å². The van der Waals surface area contributed by atoms with Crippen LogP contribution in [0.3, 0.4) is 0 Å². The van der Waals surface area contributed by atoms with Gasteiger partial charge in [0.05, 0.1) is 22.7 Å². The van der Waals surface area contributed by atoms with E-state index in [1.54, 1.807) is 31.2 Å². The molecule has 136 valence electrons. The first-order valence-electron chi connectivity index (χ1n) is 7.70. The van der Waals surface area contributed by atoms with Crippen molar-refractivity contribution >= 4 is 27.5 Å². The maximum atomic E-state index is 12.5. The van der Waals surface area contributed by atoms with Crippen molar-refractivity contribution in [2.45, 2.75) is 17.9 Å². The Kier molecular flexibility index (Phi) is 6.03. The van der Waals surface area contributed by atoms with Gasteiger partial charge in [-0.25, -0.2) is 12.7 Å². The highest BCUT2D eigenvalue weighted by atomic mass is 35.5. The summed E-state index contributed by atoms with van der Waals surface area (Å²) in [7, 11) is -0.973. The van der Waals surface area contributed by atoms with E-state index < -0.39 is 15.9 Å². The van der Waals surface area contributed by atoms with Gasteiger partial charge < -0.3 is 5.32 Å². The molecule has 26 heavy (non-hydrogen) atoms. The number of benzene rings is 2. The molecular weight excluding hydrogens is 374 g/mol. The fourth-order valence-corrected chi connectivity index (χ4v) is 3.64. The third kappa shape index (κ3) is 4.22. The van der Waals surface area contributed by atoms with E-state index in [9.17, 15) is 13.2 Å². The van der Waals surface area contributed by atoms with Crippen LogP contribution in [-0.2, 0) is 10.0 Å². The molecule has 0 radical (unpaired) electrons. The summed E-state index contributed by atoms with van der Waals surface area (Å²) in [6.45, 7) is 1.80. The second-order valence-electron chi connectivity index (χ2n) is 5.86. The molecular formula is C18H18ClN3O3S. The van der Waals surface area contributed by atoms with Crippen molar-refractivity contribution in [3.05, 3.63) is 64.2 Å². The number of nitrogens with one attached hydrogen (secondary N) is 1. The molecule has 1 atom stereocenters. The van der Waals surface area contributed by atoms with E-state index in [-0.39, 0.29) is 21.5 Å². The van der Waals surface area contributed by atoms with Gasteiger partial charge in [0.2, 0.25) is 10.0 Å². The summed E-state index contributed by atoms with van der Waals surface area (Å²) in [4.78, 5) is 12.4. The Morgan fingerprint density at radius 3 is 2.35 bits per heavy atom. The lowest BCUT2D eigenvalue weighted by Crippen LogP contribution is -2.27. The number of hydrogen-bond donors (Lipinski definition) is 1. The number of halogens is 1. The predicted molar refractivity (Wildman–Crippen MR) is 99.4 cm³/mol. The predicted octanol–water partition coefficient (Wildman–Crippen LogP) is 2.95. The number of amides is 1. The smallest absolute Gasteiger partial charge is 0.251 e. The average Bonchev–Trinajstić information content (AvgIpc) is 2.61. The molecule has 6 nitrogen and oxygen atoms in total. The van der Waals surface area contributed by atoms with Crippen molar-refractivity contribution in [3.8, 4) is 6.07 Å². The summed E-state index contributed by atoms with van der Waals surface area (Å²) >= 11 is 6.00. The summed E-state index contributed by atoms with van der Waals surface area (Å²) < 4.78 is 25.7. The van der Waals surface area contributed by atoms with Crippen LogP contribution in [0.5, 0.6) is 0 Å². The zero-order valence-electron chi connectivity index (χ0n) is 14.5. The molecule has 1 unspecified atom stereocenters. The minimum Gasteiger partial charge on any atom is -0.346 e. The van der Waals surface area contributed by atoms with Gasteiger partial charge in [-0.3, -0.25) is 4.79 Å². The Bertz CT molecular complexity index is 964. The minimum atomic E-state index is -3.76. The first kappa shape index (κ1) is 19.9. The lowest BCUT2D eigenvalue weighted by molar-refractivity contribution is 0.0939. The van der Waals surface area contributed by atoms with Crippen LogP contribution in [0.15, 0.2) is 47.4 Å². The molecule has 0 heterocycles. The Morgan fingerprint density at radius 1 is 1.19 bits per heavy atom. The molecule has 0 aliphatic rings. The van der Waals surface area contributed by atoms with E-state index in [2.05, 4.69) is 5.32 Å². The number of carbonyl (C=O) groups excluding carboxylic acids is 1. The standard InChI is InChI=1S/C18H18ClN3O3S/c1-12(14-6-4-13(11-20)5-7-14)21-18(23)15-8-9-16(19)17(10-15)26(24,25)22(2)3/h4-10,12H,1-3H3,(H,21,23). The molecule has 2 aromatic rings. The molecule has 2 rings (SSSR count). The van der Waals surface area contributed by atoms with Crippen molar-refractivity contribution in [3.63, 3.8) is 0 Å². The topological polar surface area (TPSA) is 90.3 Å². The number of nitrogens with zero attached hydrogens (tertiary/aromatic N) is 2. The van der Waals surface area contributed by atoms with Gasteiger partial charge in [-0.15, -0.1) is 0 Å². The van der Waals surface area contributed by atoms with Crippen LogP contribution in [0, 0.1) is 11.3 Å². The molecule has 0 fully saturated rings. The molecule has 1 N–H and O–H groups in total. The van der Waals surface area contributed by atoms with Crippen LogP contribution in [-0.4, -0.2) is 32.7 Å². The summed E-state index contributed by atoms with van der Waals surface area (Å²) in [6.07, 6.45) is 0. The summed E-state index contributed by atoms with van der Waals surface area (Å²) in [5, 5.41) is 11.7. The van der Waals surface area contributed by atoms with E-state index in [4.69, 9.17) is 16.9 Å². The Balaban J connectivity index is 2.26. The molecule has 0 saturated heterocycles. The number of nitriles is 1. The van der Waals surface area contributed by atoms with Gasteiger partial charge in [-0.05, 0) is 42.8 Å². The molecule has 0 aliphatic heterocycles. The molecule has 0 spiro atoms. The van der Waals surface area contributed by atoms with Crippen molar-refractivity contribution in [1.29, 1.82) is 5.26 Å².